The standard InChI is InChI=1S/C29H34N2O.C4H10/c1-3-4-8-26(21(2)23-6-5-7-24(19-23)22-9-10-22)25-11-12-28-27(20-25)29(13-14-30-28)31-15-17-32-18-16-31;1-3-4-2/h4-8,11-13,19-20,22,30H,3,9-10,14-18H2,1-2H3;3-4H2,1-2H3/b8-4-,26-21-;. The summed E-state index contributed by atoms with van der Waals surface area (Å²) in [6.45, 7) is 13.2. The highest BCUT2D eigenvalue weighted by Gasteiger charge is 2.24. The molecule has 0 amide bonds. The van der Waals surface area contributed by atoms with Crippen LogP contribution >= 0.6 is 0 Å². The largest absolute Gasteiger partial charge is 0.381 e. The number of nitrogens with zero attached hydrogens (tertiary/aromatic N) is 1. The molecule has 1 saturated carbocycles. The Bertz CT molecular complexity index is 1100. The van der Waals surface area contributed by atoms with Gasteiger partial charge in [-0.25, -0.2) is 0 Å². The maximum absolute atomic E-state index is 5.59. The van der Waals surface area contributed by atoms with E-state index in [1.807, 2.05) is 0 Å². The molecule has 2 heterocycles. The average molecular weight is 485 g/mol. The minimum absolute atomic E-state index is 0.772. The Labute approximate surface area is 218 Å². The summed E-state index contributed by atoms with van der Waals surface area (Å²) < 4.78 is 5.59. The Morgan fingerprint density at radius 2 is 1.78 bits per heavy atom. The van der Waals surface area contributed by atoms with E-state index in [-0.39, 0.29) is 0 Å². The van der Waals surface area contributed by atoms with Gasteiger partial charge in [-0.2, -0.15) is 0 Å². The first-order chi connectivity index (χ1) is 17.7. The molecule has 3 heteroatoms. The van der Waals surface area contributed by atoms with Gasteiger partial charge in [-0.1, -0.05) is 76.1 Å². The van der Waals surface area contributed by atoms with Gasteiger partial charge in [0.1, 0.15) is 0 Å². The quantitative estimate of drug-likeness (QED) is 0.315. The Hall–Kier alpha value is -2.78. The monoisotopic (exact) mass is 484 g/mol. The summed E-state index contributed by atoms with van der Waals surface area (Å²) in [5.41, 5.74) is 10.6. The molecule has 2 aliphatic heterocycles. The maximum atomic E-state index is 5.59. The predicted octanol–water partition coefficient (Wildman–Crippen LogP) is 8.37. The van der Waals surface area contributed by atoms with Crippen LogP contribution in [0.4, 0.5) is 5.69 Å². The minimum Gasteiger partial charge on any atom is -0.381 e. The lowest BCUT2D eigenvalue weighted by molar-refractivity contribution is 0.0639. The number of hydrogen-bond donors (Lipinski definition) is 1. The van der Waals surface area contributed by atoms with E-state index in [1.54, 1.807) is 0 Å². The molecule has 0 spiro atoms. The Morgan fingerprint density at radius 3 is 2.47 bits per heavy atom. The first-order valence-corrected chi connectivity index (χ1v) is 14.1. The second-order valence-corrected chi connectivity index (χ2v) is 10.1. The van der Waals surface area contributed by atoms with E-state index in [9.17, 15) is 0 Å². The number of nitrogens with one attached hydrogen (secondary N) is 1. The van der Waals surface area contributed by atoms with Crippen LogP contribution in [0.1, 0.15) is 88.0 Å². The molecular weight excluding hydrogens is 440 g/mol. The molecule has 0 bridgehead atoms. The molecule has 192 valence electrons. The zero-order valence-corrected chi connectivity index (χ0v) is 22.8. The van der Waals surface area contributed by atoms with Crippen LogP contribution < -0.4 is 5.32 Å². The lowest BCUT2D eigenvalue weighted by atomic mass is 9.91. The fraction of sp³-hybridized carbons (Fsp3) is 0.455. The van der Waals surface area contributed by atoms with Gasteiger partial charge in [0.05, 0.1) is 13.2 Å². The van der Waals surface area contributed by atoms with Crippen LogP contribution in [-0.4, -0.2) is 37.7 Å². The highest BCUT2D eigenvalue weighted by Crippen LogP contribution is 2.41. The molecule has 1 N–H and O–H groups in total. The van der Waals surface area contributed by atoms with Gasteiger partial charge in [-0.3, -0.25) is 0 Å². The molecule has 2 aromatic rings. The molecule has 0 aromatic heterocycles. The second-order valence-electron chi connectivity index (χ2n) is 10.1. The third-order valence-electron chi connectivity index (χ3n) is 7.34. The zero-order valence-electron chi connectivity index (χ0n) is 22.8. The second kappa shape index (κ2) is 13.0. The summed E-state index contributed by atoms with van der Waals surface area (Å²) in [5.74, 6) is 0.772. The van der Waals surface area contributed by atoms with E-state index in [2.05, 4.69) is 98.6 Å². The van der Waals surface area contributed by atoms with E-state index in [0.29, 0.717) is 0 Å². The van der Waals surface area contributed by atoms with Gasteiger partial charge in [0, 0.05) is 36.6 Å². The molecule has 0 radical (unpaired) electrons. The van der Waals surface area contributed by atoms with Gasteiger partial charge in [-0.15, -0.1) is 0 Å². The number of fused-ring (bicyclic) bond motifs is 1. The van der Waals surface area contributed by atoms with Gasteiger partial charge >= 0.3 is 0 Å². The Balaban J connectivity index is 0.000000709. The minimum atomic E-state index is 0.772. The zero-order chi connectivity index (χ0) is 25.3. The molecule has 1 saturated heterocycles. The molecule has 1 aliphatic carbocycles. The number of benzene rings is 2. The van der Waals surface area contributed by atoms with E-state index in [4.69, 9.17) is 4.74 Å². The highest BCUT2D eigenvalue weighted by molar-refractivity contribution is 5.96. The molecule has 3 aliphatic rings. The number of unbranched alkanes of at least 4 members (excludes halogenated alkanes) is 1. The molecule has 2 fully saturated rings. The fourth-order valence-electron chi connectivity index (χ4n) is 4.82. The predicted molar refractivity (Wildman–Crippen MR) is 156 cm³/mol. The van der Waals surface area contributed by atoms with Crippen LogP contribution in [0.15, 0.2) is 60.7 Å². The smallest absolute Gasteiger partial charge is 0.0642 e. The number of rotatable bonds is 7. The van der Waals surface area contributed by atoms with Gasteiger partial charge in [0.25, 0.3) is 0 Å². The van der Waals surface area contributed by atoms with Gasteiger partial charge in [-0.05, 0) is 78.1 Å². The number of allylic oxidation sites excluding steroid dienone is 4. The van der Waals surface area contributed by atoms with Crippen LogP contribution in [0.3, 0.4) is 0 Å². The lowest BCUT2D eigenvalue weighted by Crippen LogP contribution is -2.36. The molecule has 2 aromatic carbocycles. The summed E-state index contributed by atoms with van der Waals surface area (Å²) in [7, 11) is 0. The topological polar surface area (TPSA) is 24.5 Å². The van der Waals surface area contributed by atoms with Crippen molar-refractivity contribution in [2.24, 2.45) is 0 Å². The van der Waals surface area contributed by atoms with Crippen molar-refractivity contribution in [3.05, 3.63) is 82.9 Å². The van der Waals surface area contributed by atoms with Crippen molar-refractivity contribution in [3.63, 3.8) is 0 Å². The normalized spacial score (nSPS) is 18.0. The van der Waals surface area contributed by atoms with Crippen LogP contribution in [0.25, 0.3) is 16.8 Å². The molecular formula is C33H44N2O. The van der Waals surface area contributed by atoms with Crippen LogP contribution in [0.5, 0.6) is 0 Å². The molecule has 0 atom stereocenters. The summed E-state index contributed by atoms with van der Waals surface area (Å²) in [6.07, 6.45) is 13.3. The van der Waals surface area contributed by atoms with E-state index in [0.717, 1.165) is 45.2 Å². The lowest BCUT2D eigenvalue weighted by Gasteiger charge is -2.34. The van der Waals surface area contributed by atoms with Gasteiger partial charge in [0.15, 0.2) is 0 Å². The number of morpholine rings is 1. The summed E-state index contributed by atoms with van der Waals surface area (Å²) in [5, 5.41) is 3.56. The van der Waals surface area contributed by atoms with Gasteiger partial charge in [0.2, 0.25) is 0 Å². The third kappa shape index (κ3) is 6.50. The van der Waals surface area contributed by atoms with Crippen molar-refractivity contribution in [1.29, 1.82) is 0 Å². The number of anilines is 1. The fourth-order valence-corrected chi connectivity index (χ4v) is 4.82. The Kier molecular flexibility index (Phi) is 9.47. The molecule has 3 nitrogen and oxygen atoms in total. The Morgan fingerprint density at radius 1 is 1.00 bits per heavy atom. The highest BCUT2D eigenvalue weighted by atomic mass is 16.5. The number of ether oxygens (including phenoxy) is 1. The van der Waals surface area contributed by atoms with E-state index in [1.165, 1.54) is 70.5 Å². The summed E-state index contributed by atoms with van der Waals surface area (Å²) in [6, 6.07) is 16.1. The van der Waals surface area contributed by atoms with Crippen molar-refractivity contribution in [2.75, 3.05) is 38.2 Å². The van der Waals surface area contributed by atoms with Crippen molar-refractivity contribution in [3.8, 4) is 0 Å². The average Bonchev–Trinajstić information content (AvgIpc) is 3.79. The van der Waals surface area contributed by atoms with Crippen molar-refractivity contribution < 1.29 is 4.74 Å². The van der Waals surface area contributed by atoms with Crippen LogP contribution in [0, 0.1) is 0 Å². The van der Waals surface area contributed by atoms with Crippen molar-refractivity contribution in [2.45, 2.75) is 65.7 Å². The number of hydrogen-bond acceptors (Lipinski definition) is 3. The molecule has 5 rings (SSSR count). The van der Waals surface area contributed by atoms with Crippen molar-refractivity contribution >= 4 is 22.5 Å². The first kappa shape index (κ1) is 26.3. The van der Waals surface area contributed by atoms with E-state index < -0.39 is 0 Å². The molecule has 0 unspecified atom stereocenters. The first-order valence-electron chi connectivity index (χ1n) is 14.1. The van der Waals surface area contributed by atoms with E-state index >= 15 is 0 Å². The van der Waals surface area contributed by atoms with Gasteiger partial charge < -0.3 is 15.0 Å². The molecule has 36 heavy (non-hydrogen) atoms. The van der Waals surface area contributed by atoms with Crippen LogP contribution in [0.2, 0.25) is 0 Å². The SMILES string of the molecule is CC/C=C\C(=C(/C)c1cccc(C2CC2)c1)c1ccc2c(c1)C(N1CCOCC1)=CCN2.CCCC. The summed E-state index contributed by atoms with van der Waals surface area (Å²) in [4.78, 5) is 2.48. The maximum Gasteiger partial charge on any atom is 0.0642 e. The van der Waals surface area contributed by atoms with Crippen LogP contribution in [-0.2, 0) is 4.74 Å². The van der Waals surface area contributed by atoms with Crippen molar-refractivity contribution in [1.82, 2.24) is 4.90 Å². The third-order valence-corrected chi connectivity index (χ3v) is 7.34. The summed E-state index contributed by atoms with van der Waals surface area (Å²) >= 11 is 0.